The Morgan fingerprint density at radius 3 is 2.14 bits per heavy atom. The number of alkyl halides is 6. The van der Waals surface area contributed by atoms with Crippen LogP contribution in [0.1, 0.15) is 41.1 Å². The Morgan fingerprint density at radius 2 is 1.62 bits per heavy atom. The minimum absolute atomic E-state index is 0.0919. The van der Waals surface area contributed by atoms with Crippen LogP contribution < -0.4 is 10.6 Å². The molecule has 2 heterocycles. The minimum atomic E-state index is -5.08. The molecule has 2 saturated carbocycles. The molecule has 2 aliphatic carbocycles. The predicted octanol–water partition coefficient (Wildman–Crippen LogP) is 5.52. The average molecular weight is 621 g/mol. The molecule has 1 amide bonds. The fraction of sp³-hybridized carbons (Fsp3) is 0.385. The maximum Gasteiger partial charge on any atom is 0.490 e. The predicted molar refractivity (Wildman–Crippen MR) is 140 cm³/mol. The van der Waals surface area contributed by atoms with Crippen molar-refractivity contribution >= 4 is 35.0 Å². The second kappa shape index (κ2) is 13.4. The average Bonchev–Trinajstić information content (AvgIpc) is 3.79. The van der Waals surface area contributed by atoms with Crippen LogP contribution in [0.25, 0.3) is 10.6 Å². The van der Waals surface area contributed by atoms with E-state index in [9.17, 15) is 31.1 Å². The van der Waals surface area contributed by atoms with Gasteiger partial charge in [0.05, 0.1) is 4.88 Å². The molecule has 0 spiro atoms. The van der Waals surface area contributed by atoms with Gasteiger partial charge in [-0.05, 0) is 60.9 Å². The number of rotatable bonds is 7. The number of halogens is 6. The van der Waals surface area contributed by atoms with Crippen LogP contribution in [-0.4, -0.2) is 62.8 Å². The molecule has 2 atom stereocenters. The number of carboxylic acids is 2. The van der Waals surface area contributed by atoms with Crippen LogP contribution in [0, 0.1) is 5.92 Å². The Labute approximate surface area is 239 Å². The lowest BCUT2D eigenvalue weighted by Gasteiger charge is -2.07. The number of aryl methyl sites for hydroxylation is 1. The van der Waals surface area contributed by atoms with Crippen molar-refractivity contribution in [1.29, 1.82) is 0 Å². The molecule has 0 bridgehead atoms. The number of nitrogens with one attached hydrogen (secondary N) is 2. The number of nitrogens with zero attached hydrogens (tertiary/aromatic N) is 2. The second-order valence-electron chi connectivity index (χ2n) is 9.50. The molecule has 2 aromatic heterocycles. The molecular weight excluding hydrogens is 594 g/mol. The fourth-order valence-electron chi connectivity index (χ4n) is 3.66. The molecule has 0 saturated heterocycles. The number of hydrogen-bond donors (Lipinski definition) is 4. The Kier molecular flexibility index (Phi) is 10.4. The summed E-state index contributed by atoms with van der Waals surface area (Å²) in [6, 6.07) is 14.6. The highest BCUT2D eigenvalue weighted by atomic mass is 32.1. The first kappa shape index (κ1) is 32.6. The van der Waals surface area contributed by atoms with E-state index in [0.29, 0.717) is 23.3 Å². The molecule has 0 aliphatic heterocycles. The lowest BCUT2D eigenvalue weighted by Crippen LogP contribution is -2.21. The Morgan fingerprint density at radius 1 is 1.00 bits per heavy atom. The monoisotopic (exact) mass is 620 g/mol. The molecular formula is C26H26F6N4O5S. The van der Waals surface area contributed by atoms with Crippen LogP contribution >= 0.6 is 11.3 Å². The number of carbonyl (C=O) groups is 3. The minimum Gasteiger partial charge on any atom is -0.475 e. The van der Waals surface area contributed by atoms with Gasteiger partial charge in [0.15, 0.2) is 0 Å². The molecule has 2 aliphatic rings. The first-order valence-electron chi connectivity index (χ1n) is 12.4. The van der Waals surface area contributed by atoms with Crippen LogP contribution in [0.15, 0.2) is 47.8 Å². The standard InChI is InChI=1S/C22H24N4OS.2C2HF3O2/c1-26-21(12-19(25-26)20-6-3-9-28-20)24-22(27)16-5-2-4-15(10-16)17-11-18(17)23-13-14-7-8-14;2*3-2(4,5)1(6)7/h2-6,9-10,12,14,17-18,23H,7-8,11,13H2,1H3,(H,24,27);2*(H,6,7). The summed E-state index contributed by atoms with van der Waals surface area (Å²) >= 11 is 1.64. The SMILES string of the molecule is Cn1nc(-c2cccs2)cc1NC(=O)c1cccc(C2CC2NCC2CC2)c1.O=C(O)C(F)(F)F.O=C(O)C(F)(F)F. The molecule has 16 heteroatoms. The third kappa shape index (κ3) is 9.87. The quantitative estimate of drug-likeness (QED) is 0.256. The van der Waals surface area contributed by atoms with Crippen LogP contribution in [0.2, 0.25) is 0 Å². The zero-order chi connectivity index (χ0) is 31.2. The first-order chi connectivity index (χ1) is 19.6. The van der Waals surface area contributed by atoms with Crippen LogP contribution in [0.5, 0.6) is 0 Å². The lowest BCUT2D eigenvalue weighted by molar-refractivity contribution is -0.193. The number of aromatic nitrogens is 2. The summed E-state index contributed by atoms with van der Waals surface area (Å²) in [5.74, 6) is -3.47. The summed E-state index contributed by atoms with van der Waals surface area (Å²) in [5.41, 5.74) is 2.83. The number of carbonyl (C=O) groups excluding carboxylic acids is 1. The van der Waals surface area contributed by atoms with Gasteiger partial charge in [-0.3, -0.25) is 9.48 Å². The van der Waals surface area contributed by atoms with E-state index in [1.54, 1.807) is 16.0 Å². The van der Waals surface area contributed by atoms with Gasteiger partial charge in [-0.25, -0.2) is 9.59 Å². The molecule has 4 N–H and O–H groups in total. The van der Waals surface area contributed by atoms with Gasteiger partial charge in [0.25, 0.3) is 5.91 Å². The van der Waals surface area contributed by atoms with Crippen molar-refractivity contribution < 1.29 is 50.9 Å². The van der Waals surface area contributed by atoms with Gasteiger partial charge in [-0.1, -0.05) is 18.2 Å². The maximum atomic E-state index is 12.8. The van der Waals surface area contributed by atoms with E-state index in [4.69, 9.17) is 19.8 Å². The molecule has 42 heavy (non-hydrogen) atoms. The number of thiophene rings is 1. The second-order valence-corrected chi connectivity index (χ2v) is 10.4. The molecule has 1 aromatic carbocycles. The Bertz CT molecular complexity index is 1360. The smallest absolute Gasteiger partial charge is 0.475 e. The first-order valence-corrected chi connectivity index (χ1v) is 13.3. The van der Waals surface area contributed by atoms with Crippen molar-refractivity contribution in [2.45, 2.75) is 43.6 Å². The highest BCUT2D eigenvalue weighted by Gasteiger charge is 2.40. The molecule has 2 fully saturated rings. The zero-order valence-corrected chi connectivity index (χ0v) is 22.7. The zero-order valence-electron chi connectivity index (χ0n) is 21.9. The highest BCUT2D eigenvalue weighted by Crippen LogP contribution is 2.42. The third-order valence-electron chi connectivity index (χ3n) is 6.11. The summed E-state index contributed by atoms with van der Waals surface area (Å²) in [4.78, 5) is 31.7. The molecule has 3 aromatic rings. The summed E-state index contributed by atoms with van der Waals surface area (Å²) in [6.45, 7) is 1.15. The molecule has 0 radical (unpaired) electrons. The summed E-state index contributed by atoms with van der Waals surface area (Å²) < 4.78 is 65.2. The third-order valence-corrected chi connectivity index (χ3v) is 7.01. The van der Waals surface area contributed by atoms with E-state index >= 15 is 0 Å². The number of amides is 1. The lowest BCUT2D eigenvalue weighted by atomic mass is 10.1. The van der Waals surface area contributed by atoms with E-state index in [2.05, 4.69) is 21.8 Å². The number of benzene rings is 1. The molecule has 2 unspecified atom stereocenters. The van der Waals surface area contributed by atoms with Crippen LogP contribution in [0.4, 0.5) is 32.2 Å². The number of carboxylic acid groups (broad SMARTS) is 2. The van der Waals surface area contributed by atoms with Crippen LogP contribution in [0.3, 0.4) is 0 Å². The van der Waals surface area contributed by atoms with Gasteiger partial charge < -0.3 is 20.8 Å². The van der Waals surface area contributed by atoms with Crippen molar-refractivity contribution in [2.75, 3.05) is 11.9 Å². The molecule has 9 nitrogen and oxygen atoms in total. The highest BCUT2D eigenvalue weighted by molar-refractivity contribution is 7.13. The number of aliphatic carboxylic acids is 2. The van der Waals surface area contributed by atoms with E-state index in [-0.39, 0.29) is 5.91 Å². The molecule has 228 valence electrons. The van der Waals surface area contributed by atoms with Gasteiger partial charge in [0.1, 0.15) is 11.5 Å². The number of hydrogen-bond acceptors (Lipinski definition) is 6. The summed E-state index contributed by atoms with van der Waals surface area (Å²) in [6.07, 6.45) is -6.24. The van der Waals surface area contributed by atoms with Gasteiger partial charge in [-0.2, -0.15) is 31.4 Å². The normalized spacial score (nSPS) is 17.7. The number of anilines is 1. The summed E-state index contributed by atoms with van der Waals surface area (Å²) in [5, 5.41) is 27.5. The summed E-state index contributed by atoms with van der Waals surface area (Å²) in [7, 11) is 1.85. The Balaban J connectivity index is 0.000000289. The van der Waals surface area contributed by atoms with Crippen molar-refractivity contribution in [3.63, 3.8) is 0 Å². The van der Waals surface area contributed by atoms with Gasteiger partial charge in [0.2, 0.25) is 0 Å². The maximum absolute atomic E-state index is 12.8. The van der Waals surface area contributed by atoms with Gasteiger partial charge >= 0.3 is 24.3 Å². The van der Waals surface area contributed by atoms with E-state index in [1.165, 1.54) is 24.8 Å². The fourth-order valence-corrected chi connectivity index (χ4v) is 4.34. The van der Waals surface area contributed by atoms with Gasteiger partial charge in [-0.15, -0.1) is 11.3 Å². The van der Waals surface area contributed by atoms with E-state index in [1.807, 2.05) is 48.8 Å². The molecule has 5 rings (SSSR count). The van der Waals surface area contributed by atoms with Crippen molar-refractivity contribution in [3.8, 4) is 10.6 Å². The van der Waals surface area contributed by atoms with Gasteiger partial charge in [0, 0.05) is 30.6 Å². The van der Waals surface area contributed by atoms with E-state index < -0.39 is 24.3 Å². The largest absolute Gasteiger partial charge is 0.490 e. The topological polar surface area (TPSA) is 134 Å². The van der Waals surface area contributed by atoms with Crippen molar-refractivity contribution in [2.24, 2.45) is 13.0 Å². The van der Waals surface area contributed by atoms with Crippen molar-refractivity contribution in [3.05, 3.63) is 59.0 Å². The van der Waals surface area contributed by atoms with Crippen LogP contribution in [-0.2, 0) is 16.6 Å². The Hall–Kier alpha value is -3.92. The van der Waals surface area contributed by atoms with E-state index in [0.717, 1.165) is 23.0 Å². The van der Waals surface area contributed by atoms with Crippen molar-refractivity contribution in [1.82, 2.24) is 15.1 Å².